The molecule has 1 aromatic heterocycles. The van der Waals surface area contributed by atoms with Gasteiger partial charge >= 0.3 is 0 Å². The molecule has 0 spiro atoms. The summed E-state index contributed by atoms with van der Waals surface area (Å²) in [5.74, 6) is 0. The molecule has 0 radical (unpaired) electrons. The van der Waals surface area contributed by atoms with E-state index in [1.165, 1.54) is 0 Å². The number of aromatic nitrogens is 1. The van der Waals surface area contributed by atoms with Gasteiger partial charge in [0.25, 0.3) is 5.56 Å². The van der Waals surface area contributed by atoms with Gasteiger partial charge in [0.2, 0.25) is 0 Å². The summed E-state index contributed by atoms with van der Waals surface area (Å²) in [6.45, 7) is 0. The van der Waals surface area contributed by atoms with Gasteiger partial charge in [-0.05, 0) is 31.4 Å². The quantitative estimate of drug-likeness (QED) is 0.755. The highest BCUT2D eigenvalue weighted by Crippen LogP contribution is 2.28. The number of halogens is 1. The van der Waals surface area contributed by atoms with Crippen molar-refractivity contribution in [2.24, 2.45) is 0 Å². The maximum atomic E-state index is 11.8. The second kappa shape index (κ2) is 4.24. The summed E-state index contributed by atoms with van der Waals surface area (Å²) < 4.78 is 1.56. The Morgan fingerprint density at radius 1 is 1.53 bits per heavy atom. The lowest BCUT2D eigenvalue weighted by Gasteiger charge is -2.18. The molecule has 0 bridgehead atoms. The molecule has 82 valence electrons. The second-order valence-corrected chi connectivity index (χ2v) is 3.98. The Hall–Kier alpha value is -1.00. The maximum Gasteiger partial charge on any atom is 0.275 e. The average molecular weight is 229 g/mol. The summed E-state index contributed by atoms with van der Waals surface area (Å²) in [5.41, 5.74) is 0.164. The van der Waals surface area contributed by atoms with Crippen LogP contribution in [0.5, 0.6) is 0 Å². The summed E-state index contributed by atoms with van der Waals surface area (Å²) >= 11 is 5.42. The number of aliphatic hydroxyl groups is 1. The lowest BCUT2D eigenvalue weighted by molar-refractivity contribution is 0.135. The summed E-state index contributed by atoms with van der Waals surface area (Å²) in [7, 11) is 0. The first kappa shape index (κ1) is 10.5. The molecule has 0 unspecified atom stereocenters. The molecule has 0 aromatic carbocycles. The van der Waals surface area contributed by atoms with Gasteiger partial charge in [-0.1, -0.05) is 0 Å². The van der Waals surface area contributed by atoms with Gasteiger partial charge in [0, 0.05) is 18.0 Å². The number of anilines is 1. The molecule has 2 rings (SSSR count). The number of hydrogen-bond acceptors (Lipinski definition) is 3. The molecular weight excluding hydrogens is 216 g/mol. The Bertz CT molecular complexity index is 405. The van der Waals surface area contributed by atoms with Crippen molar-refractivity contribution in [1.82, 2.24) is 4.57 Å². The molecule has 0 saturated heterocycles. The monoisotopic (exact) mass is 228 g/mol. The molecule has 1 saturated carbocycles. The predicted molar refractivity (Wildman–Crippen MR) is 59.1 cm³/mol. The van der Waals surface area contributed by atoms with Crippen molar-refractivity contribution in [1.29, 1.82) is 0 Å². The smallest absolute Gasteiger partial charge is 0.275 e. The van der Waals surface area contributed by atoms with E-state index in [1.54, 1.807) is 22.9 Å². The number of hydrogen-bond donors (Lipinski definition) is 2. The SMILES string of the molecule is O=c1c(NCl)cccn1[C@@H]1CCC[C@@H]1O. The van der Waals surface area contributed by atoms with Crippen LogP contribution in [-0.2, 0) is 0 Å². The highest BCUT2D eigenvalue weighted by molar-refractivity contribution is 6.23. The van der Waals surface area contributed by atoms with Crippen molar-refractivity contribution in [3.05, 3.63) is 28.7 Å². The molecule has 4 nitrogen and oxygen atoms in total. The summed E-state index contributed by atoms with van der Waals surface area (Å²) in [4.78, 5) is 14.2. The second-order valence-electron chi connectivity index (χ2n) is 3.79. The molecule has 1 aliphatic carbocycles. The summed E-state index contributed by atoms with van der Waals surface area (Å²) in [6.07, 6.45) is 3.83. The summed E-state index contributed by atoms with van der Waals surface area (Å²) in [6, 6.07) is 3.26. The van der Waals surface area contributed by atoms with Crippen molar-refractivity contribution in [3.63, 3.8) is 0 Å². The highest BCUT2D eigenvalue weighted by Gasteiger charge is 2.27. The molecule has 1 aliphatic rings. The van der Waals surface area contributed by atoms with Crippen LogP contribution < -0.4 is 10.4 Å². The minimum absolute atomic E-state index is 0.109. The zero-order valence-electron chi connectivity index (χ0n) is 8.19. The lowest BCUT2D eigenvalue weighted by Crippen LogP contribution is -2.29. The number of rotatable bonds is 2. The van der Waals surface area contributed by atoms with E-state index >= 15 is 0 Å². The van der Waals surface area contributed by atoms with Gasteiger partial charge in [-0.15, -0.1) is 0 Å². The van der Waals surface area contributed by atoms with E-state index in [2.05, 4.69) is 4.84 Å². The van der Waals surface area contributed by atoms with Crippen LogP contribution in [0.1, 0.15) is 25.3 Å². The van der Waals surface area contributed by atoms with Crippen LogP contribution in [0.3, 0.4) is 0 Å². The van der Waals surface area contributed by atoms with E-state index in [4.69, 9.17) is 11.8 Å². The normalized spacial score (nSPS) is 25.5. The molecule has 15 heavy (non-hydrogen) atoms. The Morgan fingerprint density at radius 2 is 2.33 bits per heavy atom. The Labute approximate surface area is 92.6 Å². The molecular formula is C10H13ClN2O2. The van der Waals surface area contributed by atoms with Crippen molar-refractivity contribution in [2.75, 3.05) is 4.84 Å². The van der Waals surface area contributed by atoms with Gasteiger partial charge in [-0.2, -0.15) is 0 Å². The zero-order valence-corrected chi connectivity index (χ0v) is 8.94. The Kier molecular flexibility index (Phi) is 2.98. The third-order valence-electron chi connectivity index (χ3n) is 2.88. The van der Waals surface area contributed by atoms with Crippen molar-refractivity contribution in [3.8, 4) is 0 Å². The van der Waals surface area contributed by atoms with Crippen molar-refractivity contribution >= 4 is 17.5 Å². The van der Waals surface area contributed by atoms with Gasteiger partial charge in [-0.25, -0.2) is 0 Å². The summed E-state index contributed by atoms with van der Waals surface area (Å²) in [5, 5.41) is 9.72. The highest BCUT2D eigenvalue weighted by atomic mass is 35.5. The van der Waals surface area contributed by atoms with E-state index < -0.39 is 6.10 Å². The minimum atomic E-state index is -0.423. The molecule has 0 aliphatic heterocycles. The van der Waals surface area contributed by atoms with Gasteiger partial charge in [0.1, 0.15) is 5.69 Å². The molecule has 1 heterocycles. The molecule has 1 fully saturated rings. The van der Waals surface area contributed by atoms with Crippen molar-refractivity contribution < 1.29 is 5.11 Å². The number of nitrogens with one attached hydrogen (secondary N) is 1. The Morgan fingerprint density at radius 3 is 2.93 bits per heavy atom. The molecule has 5 heteroatoms. The topological polar surface area (TPSA) is 54.3 Å². The predicted octanol–water partition coefficient (Wildman–Crippen LogP) is 1.50. The van der Waals surface area contributed by atoms with E-state index in [1.807, 2.05) is 0 Å². The Balaban J connectivity index is 2.40. The van der Waals surface area contributed by atoms with Gasteiger partial charge in [0.15, 0.2) is 0 Å². The van der Waals surface area contributed by atoms with Crippen molar-refractivity contribution in [2.45, 2.75) is 31.4 Å². The first-order valence-electron chi connectivity index (χ1n) is 5.00. The largest absolute Gasteiger partial charge is 0.391 e. The number of pyridine rings is 1. The third-order valence-corrected chi connectivity index (χ3v) is 3.08. The average Bonchev–Trinajstić information content (AvgIpc) is 2.65. The first-order valence-corrected chi connectivity index (χ1v) is 5.37. The van der Waals surface area contributed by atoms with Crippen LogP contribution in [0.15, 0.2) is 23.1 Å². The van der Waals surface area contributed by atoms with Crippen LogP contribution in [0.2, 0.25) is 0 Å². The number of aliphatic hydroxyl groups excluding tert-OH is 1. The lowest BCUT2D eigenvalue weighted by atomic mass is 10.2. The maximum absolute atomic E-state index is 11.8. The van der Waals surface area contributed by atoms with Crippen LogP contribution in [0, 0.1) is 0 Å². The fourth-order valence-electron chi connectivity index (χ4n) is 2.09. The first-order chi connectivity index (χ1) is 7.24. The van der Waals surface area contributed by atoms with Crippen LogP contribution in [0.4, 0.5) is 5.69 Å². The van der Waals surface area contributed by atoms with Crippen LogP contribution in [0.25, 0.3) is 0 Å². The molecule has 0 amide bonds. The van der Waals surface area contributed by atoms with E-state index in [0.717, 1.165) is 19.3 Å². The zero-order chi connectivity index (χ0) is 10.8. The third kappa shape index (κ3) is 1.87. The fourth-order valence-corrected chi connectivity index (χ4v) is 2.23. The van der Waals surface area contributed by atoms with Gasteiger partial charge < -0.3 is 9.67 Å². The van der Waals surface area contributed by atoms with Gasteiger partial charge in [-0.3, -0.25) is 9.63 Å². The van der Waals surface area contributed by atoms with Gasteiger partial charge in [0.05, 0.1) is 12.1 Å². The standard InChI is InChI=1S/C10H13ClN2O2/c11-12-7-3-2-6-13(10(7)15)8-4-1-5-9(8)14/h2-3,6,8-9,12,14H,1,4-5H2/t8-,9+/m1/s1. The van der Waals surface area contributed by atoms with Crippen LogP contribution >= 0.6 is 11.8 Å². The number of nitrogens with zero attached hydrogens (tertiary/aromatic N) is 1. The molecule has 1 aromatic rings. The van der Waals surface area contributed by atoms with E-state index in [0.29, 0.717) is 5.69 Å². The minimum Gasteiger partial charge on any atom is -0.391 e. The molecule has 2 atom stereocenters. The fraction of sp³-hybridized carbons (Fsp3) is 0.500. The van der Waals surface area contributed by atoms with Crippen LogP contribution in [-0.4, -0.2) is 15.8 Å². The van der Waals surface area contributed by atoms with E-state index in [9.17, 15) is 9.90 Å². The van der Waals surface area contributed by atoms with E-state index in [-0.39, 0.29) is 11.6 Å². The molecule has 2 N–H and O–H groups in total.